The predicted molar refractivity (Wildman–Crippen MR) is 144 cm³/mol. The molecule has 0 radical (unpaired) electrons. The Labute approximate surface area is 207 Å². The molecule has 0 saturated heterocycles. The number of benzene rings is 3. The first-order valence-corrected chi connectivity index (χ1v) is 12.2. The van der Waals surface area contributed by atoms with Crippen LogP contribution in [0.25, 0.3) is 11.4 Å². The van der Waals surface area contributed by atoms with E-state index in [1.807, 2.05) is 51.8 Å². The van der Waals surface area contributed by atoms with Crippen LogP contribution in [0, 0.1) is 0 Å². The molecule has 0 aliphatic carbocycles. The summed E-state index contributed by atoms with van der Waals surface area (Å²) in [5.41, 5.74) is 5.44. The lowest BCUT2D eigenvalue weighted by molar-refractivity contribution is 0.853. The lowest BCUT2D eigenvalue weighted by atomic mass is 10.0. The van der Waals surface area contributed by atoms with Crippen molar-refractivity contribution in [2.24, 2.45) is 0 Å². The fraction of sp³-hybridized carbons (Fsp3) is 0.200. The highest BCUT2D eigenvalue weighted by molar-refractivity contribution is 5.76. The quantitative estimate of drug-likeness (QED) is 0.248. The zero-order valence-corrected chi connectivity index (χ0v) is 20.7. The number of hydrogen-bond donors (Lipinski definition) is 0. The molecule has 3 aromatic carbocycles. The summed E-state index contributed by atoms with van der Waals surface area (Å²) in [5, 5.41) is 10.3. The molecule has 0 spiro atoms. The van der Waals surface area contributed by atoms with Gasteiger partial charge in [-0.1, -0.05) is 82.3 Å². The van der Waals surface area contributed by atoms with Gasteiger partial charge in [-0.15, -0.1) is 10.2 Å². The van der Waals surface area contributed by atoms with E-state index in [0.29, 0.717) is 0 Å². The van der Waals surface area contributed by atoms with E-state index >= 15 is 0 Å². The van der Waals surface area contributed by atoms with E-state index in [1.165, 1.54) is 11.1 Å². The zero-order chi connectivity index (χ0) is 24.4. The van der Waals surface area contributed by atoms with Gasteiger partial charge in [0.15, 0.2) is 11.6 Å². The highest BCUT2D eigenvalue weighted by Gasteiger charge is 2.27. The maximum Gasteiger partial charge on any atom is 0.164 e. The van der Waals surface area contributed by atoms with Crippen LogP contribution in [0.3, 0.4) is 0 Å². The van der Waals surface area contributed by atoms with Gasteiger partial charge < -0.3 is 0 Å². The molecule has 35 heavy (non-hydrogen) atoms. The van der Waals surface area contributed by atoms with Gasteiger partial charge in [-0.3, -0.25) is 4.90 Å². The van der Waals surface area contributed by atoms with Crippen LogP contribution < -0.4 is 4.90 Å². The third kappa shape index (κ3) is 4.50. The van der Waals surface area contributed by atoms with Crippen LogP contribution in [0.2, 0.25) is 0 Å². The highest BCUT2D eigenvalue weighted by atomic mass is 15.4. The van der Waals surface area contributed by atoms with E-state index in [1.54, 1.807) is 0 Å². The molecule has 0 aliphatic rings. The predicted octanol–water partition coefficient (Wildman–Crippen LogP) is 7.77. The van der Waals surface area contributed by atoms with E-state index in [2.05, 4.69) is 93.5 Å². The van der Waals surface area contributed by atoms with E-state index in [0.717, 1.165) is 28.7 Å². The first-order valence-electron chi connectivity index (χ1n) is 12.2. The Morgan fingerprint density at radius 1 is 0.543 bits per heavy atom. The number of hydrogen-bond acceptors (Lipinski definition) is 3. The van der Waals surface area contributed by atoms with Gasteiger partial charge in [0.25, 0.3) is 0 Å². The smallest absolute Gasteiger partial charge is 0.164 e. The van der Waals surface area contributed by atoms with Gasteiger partial charge in [0.2, 0.25) is 0 Å². The van der Waals surface area contributed by atoms with Gasteiger partial charge in [-0.05, 0) is 48.2 Å². The summed E-state index contributed by atoms with van der Waals surface area (Å²) in [6.07, 6.45) is 4.29. The summed E-state index contributed by atoms with van der Waals surface area (Å²) in [7, 11) is 0. The van der Waals surface area contributed by atoms with Crippen LogP contribution in [0.1, 0.15) is 50.7 Å². The number of anilines is 3. The van der Waals surface area contributed by atoms with Crippen molar-refractivity contribution in [2.45, 2.75) is 39.5 Å². The molecule has 5 rings (SSSR count). The third-order valence-electron chi connectivity index (χ3n) is 6.17. The van der Waals surface area contributed by atoms with Gasteiger partial charge >= 0.3 is 0 Å². The minimum Gasteiger partial charge on any atom is -0.276 e. The molecule has 5 nitrogen and oxygen atoms in total. The van der Waals surface area contributed by atoms with Crippen molar-refractivity contribution < 1.29 is 0 Å². The Morgan fingerprint density at radius 3 is 1.29 bits per heavy atom. The highest BCUT2D eigenvalue weighted by Crippen LogP contribution is 2.41. The molecule has 0 atom stereocenters. The summed E-state index contributed by atoms with van der Waals surface area (Å²) in [5.74, 6) is 2.37. The average molecular weight is 462 g/mol. The zero-order valence-electron chi connectivity index (χ0n) is 20.7. The van der Waals surface area contributed by atoms with Crippen molar-refractivity contribution in [3.63, 3.8) is 0 Å². The number of para-hydroxylation sites is 3. The first kappa shape index (κ1) is 22.7. The summed E-state index contributed by atoms with van der Waals surface area (Å²) < 4.78 is 3.95. The van der Waals surface area contributed by atoms with Gasteiger partial charge in [0.1, 0.15) is 0 Å². The Morgan fingerprint density at radius 2 is 0.914 bits per heavy atom. The summed E-state index contributed by atoms with van der Waals surface area (Å²) in [6.45, 7) is 8.85. The molecule has 5 aromatic rings. The molecule has 0 unspecified atom stereocenters. The third-order valence-corrected chi connectivity index (χ3v) is 6.17. The maximum absolute atomic E-state index is 5.13. The average Bonchev–Trinajstić information content (AvgIpc) is 3.52. The van der Waals surface area contributed by atoms with Crippen molar-refractivity contribution in [1.29, 1.82) is 0 Å². The summed E-state index contributed by atoms with van der Waals surface area (Å²) >= 11 is 0. The molecule has 2 aromatic heterocycles. The molecule has 0 bridgehead atoms. The molecular weight excluding hydrogens is 430 g/mol. The van der Waals surface area contributed by atoms with E-state index in [9.17, 15) is 0 Å². The number of rotatable bonds is 7. The molecule has 0 saturated carbocycles. The molecule has 0 amide bonds. The second-order valence-corrected chi connectivity index (χ2v) is 9.36. The van der Waals surface area contributed by atoms with Gasteiger partial charge in [0.05, 0.1) is 11.4 Å². The molecule has 2 heterocycles. The molecule has 5 heteroatoms. The molecule has 0 N–H and O–H groups in total. The standard InChI is InChI=1S/C30H31N5/c1-22(2)27-20-33(24-14-8-5-9-15-24)31-29(27)35(26-18-12-7-13-19-26)30-28(23(3)4)21-34(32-30)25-16-10-6-11-17-25/h5-23H,1-4H3. The van der Waals surface area contributed by atoms with Crippen LogP contribution in [0.5, 0.6) is 0 Å². The summed E-state index contributed by atoms with van der Waals surface area (Å²) in [6, 6.07) is 31.0. The maximum atomic E-state index is 5.13. The Kier molecular flexibility index (Phi) is 6.23. The Bertz CT molecular complexity index is 1290. The van der Waals surface area contributed by atoms with Crippen LogP contribution >= 0.6 is 0 Å². The van der Waals surface area contributed by atoms with Crippen molar-refractivity contribution in [1.82, 2.24) is 19.6 Å². The lowest BCUT2D eigenvalue weighted by Gasteiger charge is -2.24. The fourth-order valence-corrected chi connectivity index (χ4v) is 4.27. The van der Waals surface area contributed by atoms with Crippen molar-refractivity contribution >= 4 is 17.3 Å². The topological polar surface area (TPSA) is 38.9 Å². The minimum atomic E-state index is 0.285. The van der Waals surface area contributed by atoms with Crippen LogP contribution in [-0.2, 0) is 0 Å². The fourth-order valence-electron chi connectivity index (χ4n) is 4.27. The monoisotopic (exact) mass is 461 g/mol. The Hall–Kier alpha value is -4.12. The second-order valence-electron chi connectivity index (χ2n) is 9.36. The van der Waals surface area contributed by atoms with Gasteiger partial charge in [-0.2, -0.15) is 0 Å². The minimum absolute atomic E-state index is 0.285. The van der Waals surface area contributed by atoms with Crippen molar-refractivity contribution in [3.8, 4) is 11.4 Å². The van der Waals surface area contributed by atoms with Crippen LogP contribution in [0.4, 0.5) is 17.3 Å². The SMILES string of the molecule is CC(C)c1cn(-c2ccccc2)nc1N(c1ccccc1)c1nn(-c2ccccc2)cc1C(C)C. The van der Waals surface area contributed by atoms with Gasteiger partial charge in [-0.25, -0.2) is 9.36 Å². The van der Waals surface area contributed by atoms with E-state index in [4.69, 9.17) is 10.2 Å². The van der Waals surface area contributed by atoms with Crippen LogP contribution in [0.15, 0.2) is 103 Å². The van der Waals surface area contributed by atoms with Crippen molar-refractivity contribution in [3.05, 3.63) is 115 Å². The number of nitrogens with zero attached hydrogens (tertiary/aromatic N) is 5. The molecule has 176 valence electrons. The Balaban J connectivity index is 1.74. The van der Waals surface area contributed by atoms with Gasteiger partial charge in [0, 0.05) is 29.2 Å². The summed E-state index contributed by atoms with van der Waals surface area (Å²) in [4.78, 5) is 2.21. The van der Waals surface area contributed by atoms with E-state index < -0.39 is 0 Å². The largest absolute Gasteiger partial charge is 0.276 e. The number of aromatic nitrogens is 4. The molecule has 0 fully saturated rings. The van der Waals surface area contributed by atoms with Crippen molar-refractivity contribution in [2.75, 3.05) is 4.90 Å². The molecular formula is C30H31N5. The first-order chi connectivity index (χ1) is 17.0. The lowest BCUT2D eigenvalue weighted by Crippen LogP contribution is -2.16. The normalized spacial score (nSPS) is 11.4. The van der Waals surface area contributed by atoms with E-state index in [-0.39, 0.29) is 11.8 Å². The molecule has 0 aliphatic heterocycles. The van der Waals surface area contributed by atoms with Crippen LogP contribution in [-0.4, -0.2) is 19.6 Å². The second kappa shape index (κ2) is 9.63.